The summed E-state index contributed by atoms with van der Waals surface area (Å²) in [7, 11) is 1.84. The van der Waals surface area contributed by atoms with E-state index in [4.69, 9.17) is 4.74 Å². The normalized spacial score (nSPS) is 18.9. The number of ether oxygens (including phenoxy) is 1. The Hall–Kier alpha value is -1.93. The van der Waals surface area contributed by atoms with Gasteiger partial charge in [0.05, 0.1) is 19.3 Å². The van der Waals surface area contributed by atoms with Crippen molar-refractivity contribution in [1.29, 1.82) is 0 Å². The Morgan fingerprint density at radius 1 is 1.35 bits per heavy atom. The van der Waals surface area contributed by atoms with Gasteiger partial charge in [-0.15, -0.1) is 0 Å². The molecule has 1 atom stereocenters. The number of fused-ring (bicyclic) bond motifs is 1. The van der Waals surface area contributed by atoms with Gasteiger partial charge in [0.15, 0.2) is 11.2 Å². The minimum absolute atomic E-state index is 0.213. The van der Waals surface area contributed by atoms with Crippen LogP contribution < -0.4 is 11.2 Å². The van der Waals surface area contributed by atoms with Gasteiger partial charge in [0.25, 0.3) is 5.56 Å². The lowest BCUT2D eigenvalue weighted by Gasteiger charge is -2.34. The fraction of sp³-hybridized carbons (Fsp3) is 0.722. The number of unbranched alkanes of at least 4 members (excludes halogenated alkanes) is 1. The summed E-state index contributed by atoms with van der Waals surface area (Å²) >= 11 is 0. The molecular formula is C18H29N5O3. The number of rotatable bonds is 6. The Labute approximate surface area is 152 Å². The minimum Gasteiger partial charge on any atom is -0.375 e. The van der Waals surface area contributed by atoms with Gasteiger partial charge in [-0.1, -0.05) is 27.2 Å². The van der Waals surface area contributed by atoms with E-state index in [0.29, 0.717) is 36.8 Å². The van der Waals surface area contributed by atoms with Gasteiger partial charge in [-0.05, 0) is 12.3 Å². The van der Waals surface area contributed by atoms with Gasteiger partial charge in [0.2, 0.25) is 0 Å². The van der Waals surface area contributed by atoms with Crippen molar-refractivity contribution >= 4 is 11.2 Å². The van der Waals surface area contributed by atoms with Gasteiger partial charge < -0.3 is 9.30 Å². The number of aryl methyl sites for hydroxylation is 2. The van der Waals surface area contributed by atoms with Gasteiger partial charge in [-0.3, -0.25) is 19.2 Å². The van der Waals surface area contributed by atoms with Crippen LogP contribution in [0.5, 0.6) is 0 Å². The molecule has 1 N–H and O–H groups in total. The zero-order valence-electron chi connectivity index (χ0n) is 16.1. The van der Waals surface area contributed by atoms with Crippen molar-refractivity contribution in [2.45, 2.75) is 52.8 Å². The number of nitrogens with one attached hydrogen (secondary N) is 1. The number of H-pyrrole nitrogens is 1. The zero-order chi connectivity index (χ0) is 18.8. The average Bonchev–Trinajstić information content (AvgIpc) is 2.92. The van der Waals surface area contributed by atoms with Crippen molar-refractivity contribution in [2.75, 3.05) is 19.7 Å². The van der Waals surface area contributed by atoms with Gasteiger partial charge in [0.1, 0.15) is 5.82 Å². The minimum atomic E-state index is -0.383. The molecule has 26 heavy (non-hydrogen) atoms. The van der Waals surface area contributed by atoms with Crippen LogP contribution in [0.3, 0.4) is 0 Å². The van der Waals surface area contributed by atoms with E-state index in [0.717, 1.165) is 31.8 Å². The van der Waals surface area contributed by atoms with E-state index in [2.05, 4.69) is 35.6 Å². The molecule has 3 rings (SSSR count). The molecule has 2 aromatic heterocycles. The number of nitrogens with zero attached hydrogens (tertiary/aromatic N) is 4. The molecule has 3 heterocycles. The smallest absolute Gasteiger partial charge is 0.330 e. The summed E-state index contributed by atoms with van der Waals surface area (Å²) in [6.45, 7) is 9.98. The molecule has 0 unspecified atom stereocenters. The lowest BCUT2D eigenvalue weighted by atomic mass is 10.1. The summed E-state index contributed by atoms with van der Waals surface area (Å²) < 4.78 is 9.22. The van der Waals surface area contributed by atoms with Crippen LogP contribution in [-0.4, -0.2) is 49.8 Å². The molecule has 0 aliphatic carbocycles. The topological polar surface area (TPSA) is 85.2 Å². The van der Waals surface area contributed by atoms with E-state index in [1.54, 1.807) is 4.57 Å². The second-order valence-electron chi connectivity index (χ2n) is 7.41. The highest BCUT2D eigenvalue weighted by molar-refractivity contribution is 5.70. The monoisotopic (exact) mass is 363 g/mol. The number of hydrogen-bond donors (Lipinski definition) is 1. The van der Waals surface area contributed by atoms with E-state index >= 15 is 0 Å². The van der Waals surface area contributed by atoms with E-state index < -0.39 is 0 Å². The Morgan fingerprint density at radius 3 is 2.81 bits per heavy atom. The molecule has 0 saturated carbocycles. The fourth-order valence-electron chi connectivity index (χ4n) is 3.43. The molecule has 0 bridgehead atoms. The summed E-state index contributed by atoms with van der Waals surface area (Å²) in [6.07, 6.45) is 2.05. The molecule has 144 valence electrons. The molecule has 1 aliphatic rings. The molecular weight excluding hydrogens is 334 g/mol. The van der Waals surface area contributed by atoms with E-state index in [1.807, 2.05) is 11.6 Å². The molecule has 1 aliphatic heterocycles. The van der Waals surface area contributed by atoms with Crippen LogP contribution in [0.15, 0.2) is 9.59 Å². The first-order chi connectivity index (χ1) is 12.4. The third kappa shape index (κ3) is 3.61. The SMILES string of the molecule is CCCCn1c(=O)[nH]c(=O)c2c1nc(CN1CCO[C@@H](C(C)C)C1)n2C. The third-order valence-corrected chi connectivity index (χ3v) is 5.13. The van der Waals surface area contributed by atoms with E-state index in [-0.39, 0.29) is 17.4 Å². The van der Waals surface area contributed by atoms with Crippen LogP contribution in [0.25, 0.3) is 11.2 Å². The van der Waals surface area contributed by atoms with Gasteiger partial charge in [-0.2, -0.15) is 0 Å². The summed E-state index contributed by atoms with van der Waals surface area (Å²) in [5, 5.41) is 0. The van der Waals surface area contributed by atoms with Crippen LogP contribution in [0.2, 0.25) is 0 Å². The molecule has 0 spiro atoms. The summed E-state index contributed by atoms with van der Waals surface area (Å²) in [5.74, 6) is 1.26. The Bertz CT molecular complexity index is 879. The Morgan fingerprint density at radius 2 is 2.12 bits per heavy atom. The van der Waals surface area contributed by atoms with Crippen molar-refractivity contribution in [2.24, 2.45) is 13.0 Å². The van der Waals surface area contributed by atoms with Crippen molar-refractivity contribution in [3.05, 3.63) is 26.7 Å². The number of morpholine rings is 1. The second-order valence-corrected chi connectivity index (χ2v) is 7.41. The van der Waals surface area contributed by atoms with Crippen LogP contribution in [0.1, 0.15) is 39.4 Å². The predicted molar refractivity (Wildman–Crippen MR) is 100 cm³/mol. The average molecular weight is 363 g/mol. The largest absolute Gasteiger partial charge is 0.375 e. The molecule has 0 aromatic carbocycles. The maximum absolute atomic E-state index is 12.3. The molecule has 0 amide bonds. The van der Waals surface area contributed by atoms with Crippen molar-refractivity contribution in [3.8, 4) is 0 Å². The summed E-state index contributed by atoms with van der Waals surface area (Å²) in [4.78, 5) is 34.0. The highest BCUT2D eigenvalue weighted by Crippen LogP contribution is 2.17. The molecule has 1 saturated heterocycles. The van der Waals surface area contributed by atoms with E-state index in [1.165, 1.54) is 0 Å². The van der Waals surface area contributed by atoms with Gasteiger partial charge in [-0.25, -0.2) is 9.78 Å². The number of aromatic amines is 1. The second kappa shape index (κ2) is 7.75. The van der Waals surface area contributed by atoms with Crippen molar-refractivity contribution in [3.63, 3.8) is 0 Å². The first kappa shape index (κ1) is 18.8. The Kier molecular flexibility index (Phi) is 5.62. The number of imidazole rings is 1. The Balaban J connectivity index is 1.94. The molecule has 2 aromatic rings. The van der Waals surface area contributed by atoms with Crippen LogP contribution >= 0.6 is 0 Å². The highest BCUT2D eigenvalue weighted by atomic mass is 16.5. The number of aromatic nitrogens is 4. The molecule has 8 heteroatoms. The first-order valence-corrected chi connectivity index (χ1v) is 9.44. The number of hydrogen-bond acceptors (Lipinski definition) is 5. The van der Waals surface area contributed by atoms with Gasteiger partial charge in [0, 0.05) is 26.7 Å². The summed E-state index contributed by atoms with van der Waals surface area (Å²) in [6, 6.07) is 0. The van der Waals surface area contributed by atoms with Crippen molar-refractivity contribution in [1.82, 2.24) is 24.0 Å². The quantitative estimate of drug-likeness (QED) is 0.830. The first-order valence-electron chi connectivity index (χ1n) is 9.44. The van der Waals surface area contributed by atoms with Crippen LogP contribution in [0.4, 0.5) is 0 Å². The summed E-state index contributed by atoms with van der Waals surface area (Å²) in [5.41, 5.74) is 0.190. The van der Waals surface area contributed by atoms with Crippen LogP contribution in [-0.2, 0) is 24.9 Å². The predicted octanol–water partition coefficient (Wildman–Crippen LogP) is 1.08. The van der Waals surface area contributed by atoms with Crippen LogP contribution in [0, 0.1) is 5.92 Å². The molecule has 0 radical (unpaired) electrons. The molecule has 1 fully saturated rings. The third-order valence-electron chi connectivity index (χ3n) is 5.13. The standard InChI is InChI=1S/C18H29N5O3/c1-5-6-7-23-16-15(17(24)20-18(23)25)21(4)14(19-16)11-22-8-9-26-13(10-22)12(2)3/h12-13H,5-11H2,1-4H3,(H,20,24,25)/t13-/m1/s1. The highest BCUT2D eigenvalue weighted by Gasteiger charge is 2.25. The van der Waals surface area contributed by atoms with E-state index in [9.17, 15) is 9.59 Å². The maximum atomic E-state index is 12.3. The van der Waals surface area contributed by atoms with Crippen molar-refractivity contribution < 1.29 is 4.74 Å². The molecule has 8 nitrogen and oxygen atoms in total. The maximum Gasteiger partial charge on any atom is 0.330 e. The lowest BCUT2D eigenvalue weighted by molar-refractivity contribution is -0.0537. The lowest BCUT2D eigenvalue weighted by Crippen LogP contribution is -2.44. The van der Waals surface area contributed by atoms with Gasteiger partial charge >= 0.3 is 5.69 Å². The fourth-order valence-corrected chi connectivity index (χ4v) is 3.43. The zero-order valence-corrected chi connectivity index (χ0v) is 16.1.